The van der Waals surface area contributed by atoms with Crippen LogP contribution < -0.4 is 5.63 Å². The van der Waals surface area contributed by atoms with Gasteiger partial charge in [0.05, 0.1) is 5.39 Å². The first kappa shape index (κ1) is 10.0. The lowest BCUT2D eigenvalue weighted by Crippen LogP contribution is -2.06. The van der Waals surface area contributed by atoms with Crippen LogP contribution in [0, 0.1) is 0 Å². The molecule has 2 aromatic rings. The summed E-state index contributed by atoms with van der Waals surface area (Å²) in [6.07, 6.45) is 0. The molecule has 0 radical (unpaired) electrons. The van der Waals surface area contributed by atoms with E-state index in [1.54, 1.807) is 0 Å². The van der Waals surface area contributed by atoms with Crippen LogP contribution in [0.2, 0.25) is 0 Å². The molecule has 1 aromatic heterocycles. The van der Waals surface area contributed by atoms with Crippen LogP contribution >= 0.6 is 0 Å². The first-order valence-electron chi connectivity index (χ1n) is 4.22. The third-order valence-electron chi connectivity index (χ3n) is 2.07. The topological polar surface area (TPSA) is 108 Å². The van der Waals surface area contributed by atoms with Crippen molar-refractivity contribution in [2.75, 3.05) is 0 Å². The Kier molecular flexibility index (Phi) is 2.05. The van der Waals surface area contributed by atoms with Gasteiger partial charge in [0.2, 0.25) is 5.76 Å². The number of phenols is 2. The van der Waals surface area contributed by atoms with Gasteiger partial charge in [-0.2, -0.15) is 0 Å². The van der Waals surface area contributed by atoms with Gasteiger partial charge in [0, 0.05) is 0 Å². The van der Waals surface area contributed by atoms with Crippen LogP contribution in [0.15, 0.2) is 27.4 Å². The third-order valence-corrected chi connectivity index (χ3v) is 2.07. The van der Waals surface area contributed by atoms with E-state index < -0.39 is 28.9 Å². The van der Waals surface area contributed by atoms with Gasteiger partial charge in [-0.1, -0.05) is 0 Å². The van der Waals surface area contributed by atoms with E-state index in [1.807, 2.05) is 0 Å². The number of benzene rings is 1. The predicted molar refractivity (Wildman–Crippen MR) is 52.8 cm³/mol. The zero-order valence-corrected chi connectivity index (χ0v) is 7.80. The summed E-state index contributed by atoms with van der Waals surface area (Å²) in [5.41, 5.74) is -0.884. The van der Waals surface area contributed by atoms with Crippen molar-refractivity contribution in [2.24, 2.45) is 0 Å². The Bertz CT molecular complexity index is 640. The third kappa shape index (κ3) is 1.46. The zero-order chi connectivity index (χ0) is 11.9. The molecule has 0 saturated carbocycles. The van der Waals surface area contributed by atoms with Gasteiger partial charge in [-0.3, -0.25) is 0 Å². The normalized spacial score (nSPS) is 10.5. The number of carboxylic acid groups (broad SMARTS) is 1. The second-order valence-corrected chi connectivity index (χ2v) is 3.13. The summed E-state index contributed by atoms with van der Waals surface area (Å²) in [6.45, 7) is 0. The van der Waals surface area contributed by atoms with Crippen LogP contribution in [-0.4, -0.2) is 21.3 Å². The molecule has 6 heteroatoms. The van der Waals surface area contributed by atoms with E-state index in [-0.39, 0.29) is 10.8 Å². The van der Waals surface area contributed by atoms with E-state index in [0.717, 1.165) is 18.2 Å². The standard InChI is InChI=1S/C10H6O6/c11-6-1-4-2-8(9(13)14)16-10(15)5(4)3-7(6)12/h1-3,11-12H,(H,13,14). The fourth-order valence-corrected chi connectivity index (χ4v) is 1.32. The number of hydrogen-bond acceptors (Lipinski definition) is 5. The molecule has 6 nitrogen and oxygen atoms in total. The Morgan fingerprint density at radius 3 is 2.38 bits per heavy atom. The number of hydrogen-bond donors (Lipinski definition) is 3. The molecule has 0 amide bonds. The van der Waals surface area contributed by atoms with Gasteiger partial charge in [-0.05, 0) is 23.6 Å². The molecule has 0 unspecified atom stereocenters. The molecule has 2 rings (SSSR count). The quantitative estimate of drug-likeness (QED) is 0.618. The minimum atomic E-state index is -1.38. The van der Waals surface area contributed by atoms with Crippen molar-refractivity contribution in [1.29, 1.82) is 0 Å². The van der Waals surface area contributed by atoms with Crippen molar-refractivity contribution in [3.8, 4) is 11.5 Å². The van der Waals surface area contributed by atoms with Gasteiger partial charge < -0.3 is 19.7 Å². The highest BCUT2D eigenvalue weighted by molar-refractivity contribution is 5.91. The highest BCUT2D eigenvalue weighted by atomic mass is 16.4. The molecule has 0 bridgehead atoms. The largest absolute Gasteiger partial charge is 0.504 e. The van der Waals surface area contributed by atoms with Crippen molar-refractivity contribution >= 4 is 16.7 Å². The lowest BCUT2D eigenvalue weighted by atomic mass is 10.1. The molecular weight excluding hydrogens is 216 g/mol. The van der Waals surface area contributed by atoms with Gasteiger partial charge in [0.25, 0.3) is 0 Å². The van der Waals surface area contributed by atoms with Gasteiger partial charge in [0.15, 0.2) is 11.5 Å². The van der Waals surface area contributed by atoms with E-state index in [2.05, 4.69) is 4.42 Å². The number of rotatable bonds is 1. The molecule has 0 aliphatic rings. The molecule has 3 N–H and O–H groups in total. The van der Waals surface area contributed by atoms with Crippen LogP contribution in [0.3, 0.4) is 0 Å². The molecule has 0 saturated heterocycles. The SMILES string of the molecule is O=C(O)c1cc2cc(O)c(O)cc2c(=O)o1. The second kappa shape index (κ2) is 3.27. The molecule has 82 valence electrons. The fraction of sp³-hybridized carbons (Fsp3) is 0. The van der Waals surface area contributed by atoms with Crippen molar-refractivity contribution in [1.82, 2.24) is 0 Å². The minimum absolute atomic E-state index is 0.000278. The van der Waals surface area contributed by atoms with E-state index >= 15 is 0 Å². The molecule has 16 heavy (non-hydrogen) atoms. The van der Waals surface area contributed by atoms with E-state index in [9.17, 15) is 19.8 Å². The number of aromatic hydroxyl groups is 2. The minimum Gasteiger partial charge on any atom is -0.504 e. The molecule has 0 aliphatic heterocycles. The lowest BCUT2D eigenvalue weighted by molar-refractivity contribution is 0.0658. The highest BCUT2D eigenvalue weighted by Crippen LogP contribution is 2.28. The van der Waals surface area contributed by atoms with Crippen LogP contribution in [0.5, 0.6) is 11.5 Å². The first-order chi connectivity index (χ1) is 7.49. The van der Waals surface area contributed by atoms with Crippen molar-refractivity contribution in [3.63, 3.8) is 0 Å². The van der Waals surface area contributed by atoms with Crippen molar-refractivity contribution in [3.05, 3.63) is 34.4 Å². The Hall–Kier alpha value is -2.50. The molecule has 0 fully saturated rings. The Labute approximate surface area is 88.0 Å². The van der Waals surface area contributed by atoms with Crippen molar-refractivity contribution in [2.45, 2.75) is 0 Å². The molecule has 1 heterocycles. The Balaban J connectivity index is 2.88. The molecule has 0 spiro atoms. The molecule has 1 aromatic carbocycles. The van der Waals surface area contributed by atoms with Crippen LogP contribution in [0.25, 0.3) is 10.8 Å². The second-order valence-electron chi connectivity index (χ2n) is 3.13. The summed E-state index contributed by atoms with van der Waals surface area (Å²) >= 11 is 0. The van der Waals surface area contributed by atoms with E-state index in [0.29, 0.717) is 0 Å². The van der Waals surface area contributed by atoms with Crippen LogP contribution in [0.4, 0.5) is 0 Å². The summed E-state index contributed by atoms with van der Waals surface area (Å²) in [7, 11) is 0. The number of fused-ring (bicyclic) bond motifs is 1. The summed E-state index contributed by atoms with van der Waals surface area (Å²) < 4.78 is 4.50. The first-order valence-corrected chi connectivity index (χ1v) is 4.22. The molecule has 0 atom stereocenters. The maximum Gasteiger partial charge on any atom is 0.371 e. The number of phenolic OH excluding ortho intramolecular Hbond substituents is 2. The average molecular weight is 222 g/mol. The maximum atomic E-state index is 11.3. The Morgan fingerprint density at radius 1 is 1.12 bits per heavy atom. The summed E-state index contributed by atoms with van der Waals surface area (Å²) in [4.78, 5) is 21.9. The van der Waals surface area contributed by atoms with Crippen molar-refractivity contribution < 1.29 is 24.5 Å². The Morgan fingerprint density at radius 2 is 1.75 bits per heavy atom. The maximum absolute atomic E-state index is 11.3. The van der Waals surface area contributed by atoms with E-state index in [4.69, 9.17) is 5.11 Å². The molecule has 0 aliphatic carbocycles. The number of carboxylic acids is 1. The lowest BCUT2D eigenvalue weighted by Gasteiger charge is -2.01. The van der Waals surface area contributed by atoms with Crippen LogP contribution in [-0.2, 0) is 0 Å². The van der Waals surface area contributed by atoms with Gasteiger partial charge in [-0.15, -0.1) is 0 Å². The zero-order valence-electron chi connectivity index (χ0n) is 7.80. The summed E-state index contributed by atoms with van der Waals surface area (Å²) in [6, 6.07) is 3.20. The monoisotopic (exact) mass is 222 g/mol. The van der Waals surface area contributed by atoms with E-state index in [1.165, 1.54) is 0 Å². The summed E-state index contributed by atoms with van der Waals surface area (Å²) in [5.74, 6) is -2.81. The number of aromatic carboxylic acids is 1. The predicted octanol–water partition coefficient (Wildman–Crippen LogP) is 0.902. The van der Waals surface area contributed by atoms with Gasteiger partial charge in [0.1, 0.15) is 0 Å². The van der Waals surface area contributed by atoms with Crippen LogP contribution in [0.1, 0.15) is 10.6 Å². The van der Waals surface area contributed by atoms with Gasteiger partial charge >= 0.3 is 11.6 Å². The highest BCUT2D eigenvalue weighted by Gasteiger charge is 2.12. The fourth-order valence-electron chi connectivity index (χ4n) is 1.32. The average Bonchev–Trinajstić information content (AvgIpc) is 2.20. The number of carbonyl (C=O) groups is 1. The summed E-state index contributed by atoms with van der Waals surface area (Å²) in [5, 5.41) is 27.2. The van der Waals surface area contributed by atoms with Gasteiger partial charge in [-0.25, -0.2) is 9.59 Å². The smallest absolute Gasteiger partial charge is 0.371 e. The molecular formula is C10H6O6.